The normalized spacial score (nSPS) is 13.9. The van der Waals surface area contributed by atoms with Crippen molar-refractivity contribution in [1.29, 1.82) is 0 Å². The van der Waals surface area contributed by atoms with Crippen LogP contribution >= 0.6 is 0 Å². The van der Waals surface area contributed by atoms with Crippen LogP contribution in [0.15, 0.2) is 12.2 Å². The predicted molar refractivity (Wildman–Crippen MR) is 139 cm³/mol. The molecule has 0 spiro atoms. The maximum atomic E-state index is 9.60. The van der Waals surface area contributed by atoms with Gasteiger partial charge in [0.05, 0.1) is 25.9 Å². The minimum atomic E-state index is -1.86. The van der Waals surface area contributed by atoms with Gasteiger partial charge in [0.1, 0.15) is 0 Å². The molecule has 0 aromatic carbocycles. The summed E-state index contributed by atoms with van der Waals surface area (Å²) < 4.78 is 11.9. The summed E-state index contributed by atoms with van der Waals surface area (Å²) in [6.07, 6.45) is 23.5. The Morgan fingerprint density at radius 2 is 1.26 bits per heavy atom. The van der Waals surface area contributed by atoms with Gasteiger partial charge in [-0.1, -0.05) is 117 Å². The van der Waals surface area contributed by atoms with Crippen LogP contribution in [0.3, 0.4) is 0 Å². The van der Waals surface area contributed by atoms with Crippen LogP contribution < -0.4 is 0 Å². The van der Waals surface area contributed by atoms with Crippen molar-refractivity contribution in [2.24, 2.45) is 0 Å². The first-order valence-corrected chi connectivity index (χ1v) is 16.2. The monoisotopic (exact) mass is 456 g/mol. The molecule has 3 nitrogen and oxygen atoms in total. The SMILES string of the molecule is CCCCCCCCCCCCCCC/C=C/COC[C@@H](CO)O[Si](C)(C)C(C)(C)C. The summed E-state index contributed by atoms with van der Waals surface area (Å²) in [6, 6.07) is 0. The second kappa shape index (κ2) is 19.3. The Morgan fingerprint density at radius 3 is 1.71 bits per heavy atom. The fourth-order valence-electron chi connectivity index (χ4n) is 3.45. The molecule has 1 atom stereocenters. The lowest BCUT2D eigenvalue weighted by atomic mass is 10.0. The molecule has 0 aromatic heterocycles. The van der Waals surface area contributed by atoms with E-state index in [1.165, 1.54) is 83.5 Å². The number of aliphatic hydroxyl groups excluding tert-OH is 1. The molecule has 0 bridgehead atoms. The molecule has 0 heterocycles. The number of aliphatic hydroxyl groups is 1. The predicted octanol–water partition coefficient (Wildman–Crippen LogP) is 8.42. The van der Waals surface area contributed by atoms with Crippen LogP contribution in [0.5, 0.6) is 0 Å². The molecule has 0 amide bonds. The molecule has 0 aliphatic carbocycles. The third-order valence-corrected chi connectivity index (χ3v) is 11.2. The van der Waals surface area contributed by atoms with Crippen molar-refractivity contribution in [2.45, 2.75) is 142 Å². The van der Waals surface area contributed by atoms with E-state index in [1.807, 2.05) is 0 Å². The maximum Gasteiger partial charge on any atom is 0.192 e. The van der Waals surface area contributed by atoms with Crippen LogP contribution in [0.25, 0.3) is 0 Å². The molecule has 0 aliphatic rings. The van der Waals surface area contributed by atoms with Crippen LogP contribution in [0.4, 0.5) is 0 Å². The summed E-state index contributed by atoms with van der Waals surface area (Å²) in [5.74, 6) is 0. The summed E-state index contributed by atoms with van der Waals surface area (Å²) in [6.45, 7) is 14.5. The van der Waals surface area contributed by atoms with Crippen LogP contribution in [-0.4, -0.2) is 39.3 Å². The minimum Gasteiger partial charge on any atom is -0.409 e. The molecule has 0 saturated carbocycles. The third kappa shape index (κ3) is 18.0. The molecule has 0 radical (unpaired) electrons. The smallest absolute Gasteiger partial charge is 0.192 e. The lowest BCUT2D eigenvalue weighted by molar-refractivity contribution is 0.0219. The number of unbranched alkanes of at least 4 members (excludes halogenated alkanes) is 13. The lowest BCUT2D eigenvalue weighted by Crippen LogP contribution is -2.46. The van der Waals surface area contributed by atoms with Gasteiger partial charge >= 0.3 is 0 Å². The van der Waals surface area contributed by atoms with Gasteiger partial charge in [-0.3, -0.25) is 0 Å². The van der Waals surface area contributed by atoms with Gasteiger partial charge in [0, 0.05) is 0 Å². The Bertz CT molecular complexity index is 415. The molecule has 0 aliphatic heterocycles. The van der Waals surface area contributed by atoms with E-state index in [2.05, 4.69) is 52.9 Å². The van der Waals surface area contributed by atoms with Crippen LogP contribution in [0.1, 0.15) is 118 Å². The maximum absolute atomic E-state index is 9.60. The van der Waals surface area contributed by atoms with Gasteiger partial charge < -0.3 is 14.3 Å². The standard InChI is InChI=1S/C27H56O3Si/c1-7-8-9-10-11-12-13-14-15-16-17-18-19-20-21-22-23-29-25-26(24-28)30-31(5,6)27(2,3)4/h21-22,26,28H,7-20,23-25H2,1-6H3/b22-21+/t26-/m1/s1. The highest BCUT2D eigenvalue weighted by Crippen LogP contribution is 2.37. The first kappa shape index (κ1) is 30.8. The minimum absolute atomic E-state index is 0.0230. The molecular weight excluding hydrogens is 400 g/mol. The quantitative estimate of drug-likeness (QED) is 0.107. The van der Waals surface area contributed by atoms with Gasteiger partial charge in [-0.2, -0.15) is 0 Å². The van der Waals surface area contributed by atoms with Gasteiger partial charge in [0.15, 0.2) is 8.32 Å². The molecule has 4 heteroatoms. The van der Waals surface area contributed by atoms with Crippen molar-refractivity contribution in [2.75, 3.05) is 19.8 Å². The summed E-state index contributed by atoms with van der Waals surface area (Å²) in [7, 11) is -1.86. The number of rotatable bonds is 21. The van der Waals surface area contributed by atoms with E-state index in [9.17, 15) is 5.11 Å². The largest absolute Gasteiger partial charge is 0.409 e. The van der Waals surface area contributed by atoms with E-state index in [1.54, 1.807) is 0 Å². The molecule has 0 saturated heterocycles. The fraction of sp³-hybridized carbons (Fsp3) is 0.926. The van der Waals surface area contributed by atoms with E-state index in [-0.39, 0.29) is 17.7 Å². The van der Waals surface area contributed by atoms with E-state index >= 15 is 0 Å². The number of hydrogen-bond donors (Lipinski definition) is 1. The van der Waals surface area contributed by atoms with Crippen molar-refractivity contribution < 1.29 is 14.3 Å². The zero-order chi connectivity index (χ0) is 23.4. The average Bonchev–Trinajstić information content (AvgIpc) is 2.71. The second-order valence-corrected chi connectivity index (χ2v) is 15.5. The van der Waals surface area contributed by atoms with E-state index < -0.39 is 8.32 Å². The van der Waals surface area contributed by atoms with Gasteiger partial charge in [0.2, 0.25) is 0 Å². The lowest BCUT2D eigenvalue weighted by Gasteiger charge is -2.38. The summed E-state index contributed by atoms with van der Waals surface area (Å²) >= 11 is 0. The molecule has 186 valence electrons. The molecule has 1 N–H and O–H groups in total. The Morgan fingerprint density at radius 1 is 0.774 bits per heavy atom. The Hall–Kier alpha value is -0.163. The summed E-state index contributed by atoms with van der Waals surface area (Å²) in [5, 5.41) is 9.74. The van der Waals surface area contributed by atoms with E-state index in [4.69, 9.17) is 9.16 Å². The van der Waals surface area contributed by atoms with Crippen LogP contribution in [0.2, 0.25) is 18.1 Å². The zero-order valence-corrected chi connectivity index (χ0v) is 23.0. The Balaban J connectivity index is 3.51. The molecule has 0 rings (SSSR count). The first-order chi connectivity index (χ1) is 14.7. The summed E-state index contributed by atoms with van der Waals surface area (Å²) in [5.41, 5.74) is 0. The van der Waals surface area contributed by atoms with Gasteiger partial charge in [-0.25, -0.2) is 0 Å². The molecule has 0 fully saturated rings. The highest BCUT2D eigenvalue weighted by atomic mass is 28.4. The molecular formula is C27H56O3Si. The molecule has 0 unspecified atom stereocenters. The number of hydrogen-bond acceptors (Lipinski definition) is 3. The second-order valence-electron chi connectivity index (χ2n) is 10.7. The summed E-state index contributed by atoms with van der Waals surface area (Å²) in [4.78, 5) is 0. The van der Waals surface area contributed by atoms with Crippen LogP contribution in [-0.2, 0) is 9.16 Å². The van der Waals surface area contributed by atoms with Crippen molar-refractivity contribution in [3.05, 3.63) is 12.2 Å². The van der Waals surface area contributed by atoms with E-state index in [0.717, 1.165) is 6.42 Å². The number of ether oxygens (including phenoxy) is 1. The zero-order valence-electron chi connectivity index (χ0n) is 22.0. The average molecular weight is 457 g/mol. The highest BCUT2D eigenvalue weighted by molar-refractivity contribution is 6.74. The highest BCUT2D eigenvalue weighted by Gasteiger charge is 2.39. The molecule has 31 heavy (non-hydrogen) atoms. The Labute approximate surface area is 196 Å². The molecule has 0 aromatic rings. The first-order valence-electron chi connectivity index (χ1n) is 13.3. The van der Waals surface area contributed by atoms with Gasteiger partial charge in [-0.05, 0) is 31.0 Å². The van der Waals surface area contributed by atoms with E-state index in [0.29, 0.717) is 13.2 Å². The van der Waals surface area contributed by atoms with Crippen molar-refractivity contribution in [3.63, 3.8) is 0 Å². The van der Waals surface area contributed by atoms with Crippen molar-refractivity contribution >= 4 is 8.32 Å². The van der Waals surface area contributed by atoms with Crippen molar-refractivity contribution in [1.82, 2.24) is 0 Å². The topological polar surface area (TPSA) is 38.7 Å². The third-order valence-electron chi connectivity index (χ3n) is 6.63. The van der Waals surface area contributed by atoms with Crippen molar-refractivity contribution in [3.8, 4) is 0 Å². The fourth-order valence-corrected chi connectivity index (χ4v) is 4.78. The van der Waals surface area contributed by atoms with Gasteiger partial charge in [-0.15, -0.1) is 0 Å². The van der Waals surface area contributed by atoms with Crippen LogP contribution in [0, 0.1) is 0 Å². The van der Waals surface area contributed by atoms with Gasteiger partial charge in [0.25, 0.3) is 0 Å². The Kier molecular flexibility index (Phi) is 19.2. The number of allylic oxidation sites excluding steroid dienone is 1.